The predicted octanol–water partition coefficient (Wildman–Crippen LogP) is 21.3. The second kappa shape index (κ2) is 36.8. The van der Waals surface area contributed by atoms with Gasteiger partial charge < -0.3 is 0 Å². The van der Waals surface area contributed by atoms with Gasteiger partial charge in [0, 0.05) is 97.6 Å². The van der Waals surface area contributed by atoms with Crippen LogP contribution in [-0.4, -0.2) is 0 Å². The number of aromatic nitrogens is 4. The van der Waals surface area contributed by atoms with E-state index in [9.17, 15) is 0 Å². The summed E-state index contributed by atoms with van der Waals surface area (Å²) in [6.45, 7) is 9.89. The molecule has 0 aliphatic heterocycles. The molecule has 0 spiro atoms. The van der Waals surface area contributed by atoms with Crippen molar-refractivity contribution in [2.45, 2.75) is 207 Å². The van der Waals surface area contributed by atoms with E-state index in [2.05, 4.69) is 29.7 Å². The van der Waals surface area contributed by atoms with Gasteiger partial charge >= 0.3 is 0 Å². The molecule has 1 unspecified atom stereocenters. The Balaban J connectivity index is -0.000000622. The molecule has 1 atom stereocenters. The second-order valence-corrected chi connectivity index (χ2v) is 19.8. The van der Waals surface area contributed by atoms with Gasteiger partial charge in [0.2, 0.25) is 22.8 Å². The minimum Gasteiger partial charge on any atom is -0.201 e. The van der Waals surface area contributed by atoms with Crippen LogP contribution in [0.15, 0.2) is 140 Å². The molecule has 4 nitrogen and oxygen atoms in total. The number of rotatable bonds is 9. The first-order chi connectivity index (χ1) is 42.9. The summed E-state index contributed by atoms with van der Waals surface area (Å²) in [6.07, 6.45) is 5.69. The Labute approximate surface area is 538 Å². The lowest BCUT2D eigenvalue weighted by Gasteiger charge is -2.12. The average molecular weight is 1140 g/mol. The Morgan fingerprint density at radius 2 is 0.707 bits per heavy atom. The predicted molar refractivity (Wildman–Crippen MR) is 370 cm³/mol. The highest BCUT2D eigenvalue weighted by molar-refractivity contribution is 5.65. The van der Waals surface area contributed by atoms with E-state index in [1.165, 1.54) is 49.4 Å². The highest BCUT2D eigenvalue weighted by atomic mass is 14.9. The van der Waals surface area contributed by atoms with E-state index in [0.717, 1.165) is 56.0 Å². The van der Waals surface area contributed by atoms with Gasteiger partial charge in [-0.2, -0.15) is 0 Å². The first-order valence-corrected chi connectivity index (χ1v) is 24.9. The second-order valence-electron chi connectivity index (χ2n) is 19.8. The monoisotopic (exact) mass is 1140 g/mol. The summed E-state index contributed by atoms with van der Waals surface area (Å²) in [5.41, 5.74) is 15.0. The summed E-state index contributed by atoms with van der Waals surface area (Å²) in [5.74, 6) is -3.96. The van der Waals surface area contributed by atoms with Gasteiger partial charge in [-0.3, -0.25) is 0 Å². The maximum atomic E-state index is 8.44. The Kier molecular flexibility index (Phi) is 22.0. The van der Waals surface area contributed by atoms with Crippen molar-refractivity contribution >= 4 is 0 Å². The van der Waals surface area contributed by atoms with Gasteiger partial charge in [0.1, 0.15) is 28.2 Å². The lowest BCUT2D eigenvalue weighted by Crippen LogP contribution is -2.32. The van der Waals surface area contributed by atoms with E-state index in [1.54, 1.807) is 61.1 Å². The molecule has 82 heavy (non-hydrogen) atoms. The first kappa shape index (κ1) is 49.0. The summed E-state index contributed by atoms with van der Waals surface area (Å²) in [4.78, 5) is 0. The molecule has 4 aromatic carbocycles. The molecule has 0 saturated heterocycles. The van der Waals surface area contributed by atoms with Crippen LogP contribution in [0.25, 0.3) is 45.0 Å². The van der Waals surface area contributed by atoms with Crippen molar-refractivity contribution in [2.24, 2.45) is 28.2 Å². The third-order valence-corrected chi connectivity index (χ3v) is 13.1. The normalized spacial score (nSPS) is 15.8. The lowest BCUT2D eigenvalue weighted by molar-refractivity contribution is -0.661. The van der Waals surface area contributed by atoms with Crippen molar-refractivity contribution in [1.29, 1.82) is 0 Å². The molecule has 0 N–H and O–H groups in total. The van der Waals surface area contributed by atoms with Crippen molar-refractivity contribution in [2.75, 3.05) is 0 Å². The van der Waals surface area contributed by atoms with Crippen LogP contribution in [0, 0.1) is 55.1 Å². The van der Waals surface area contributed by atoms with Crippen molar-refractivity contribution in [3.05, 3.63) is 212 Å². The number of benzene rings is 4. The van der Waals surface area contributed by atoms with E-state index in [0.29, 0.717) is 33.5 Å². The fourth-order valence-electron chi connectivity index (χ4n) is 8.74. The molecule has 0 fully saturated rings. The fraction of sp³-hybridized carbons (Fsp3) is 0.436. The van der Waals surface area contributed by atoms with Crippen LogP contribution in [0.1, 0.15) is 246 Å². The van der Waals surface area contributed by atoms with Gasteiger partial charge in [0.25, 0.3) is 0 Å². The quantitative estimate of drug-likeness (QED) is 0.128. The van der Waals surface area contributed by atoms with Gasteiger partial charge in [-0.15, -0.1) is 0 Å². The Bertz CT molecular complexity index is 3580. The Morgan fingerprint density at radius 3 is 1.02 bits per heavy atom. The van der Waals surface area contributed by atoms with Crippen molar-refractivity contribution in [3.8, 4) is 45.0 Å². The summed E-state index contributed by atoms with van der Waals surface area (Å²) in [5, 5.41) is 0. The molecule has 0 bridgehead atoms. The molecule has 4 heteroatoms. The molecule has 0 radical (unpaired) electrons. The smallest absolute Gasteiger partial charge is 0.201 e. The summed E-state index contributed by atoms with van der Waals surface area (Å²) in [6, 6.07) is 34.3. The summed E-state index contributed by atoms with van der Waals surface area (Å²) < 4.78 is 170. The zero-order chi connectivity index (χ0) is 72.7. The lowest BCUT2D eigenvalue weighted by atomic mass is 9.95. The average Bonchev–Trinajstić information content (AvgIpc) is 0.749. The molecule has 0 saturated carbocycles. The molecule has 8 aromatic rings. The minimum atomic E-state index is -2.75. The van der Waals surface area contributed by atoms with Gasteiger partial charge in [-0.05, 0) is 161 Å². The van der Waals surface area contributed by atoms with Crippen LogP contribution in [0.5, 0.6) is 0 Å². The molecule has 4 heterocycles. The SMILES string of the molecule is C.C.C.C.C.C.C.C.[2H]C(C)(C)c1ccc(-c2ccc(C([2H])(C)C)c[n+]2C)c(C)c1.[2H]C([2H])([2H])c1ccc(-c2cc(C([2H])(C)C([2H])([2H])[2H])c(C([2H])([2H])[2H])c[n+]2C)c(C)c1.[2H]C([2H])([2H])c1ccc(-c2ccc(C([2H])(C)C)c[n+]2C)c(C)c1.[2H]C([2H])([2H])c1ccc(-c2ccc(C([2H])([2H])C)c[n+]2C)c(C)c1. The van der Waals surface area contributed by atoms with Gasteiger partial charge in [0.15, 0.2) is 24.8 Å². The van der Waals surface area contributed by atoms with Crippen LogP contribution in [0.4, 0.5) is 0 Å². The van der Waals surface area contributed by atoms with Crippen LogP contribution < -0.4 is 18.3 Å². The van der Waals surface area contributed by atoms with Crippen LogP contribution in [-0.2, 0) is 34.6 Å². The zero-order valence-corrected chi connectivity index (χ0v) is 46.6. The van der Waals surface area contributed by atoms with E-state index >= 15 is 0 Å². The number of aryl methyl sites for hydroxylation is 13. The maximum absolute atomic E-state index is 8.44. The van der Waals surface area contributed by atoms with Crippen molar-refractivity contribution in [3.63, 3.8) is 0 Å². The van der Waals surface area contributed by atoms with Gasteiger partial charge in [-0.25, -0.2) is 18.3 Å². The molecule has 452 valence electrons. The molecule has 8 rings (SSSR count). The largest absolute Gasteiger partial charge is 0.212 e. The molecule has 0 aliphatic rings. The standard InChI is InChI=1S/C19H26N.C18H24N.C17H22N.C16H20N.8CH4/c1-13(2)16-7-9-18(15(5)11-16)19-10-8-17(14(3)4)12-20(19)6;1-12(2)17-10-18(19(6)11-15(17)5)16-8-7-13(3)9-14(16)4;1-12(2)15-7-9-17(18(5)11-15)16-8-6-13(3)10-14(16)4;1-5-14-7-9-16(17(4)11-14)15-8-6-12(2)10-13(15)3;;;;;;;;/h7-14H,1-6H3;7-12H,1-6H3;6-12H,1-5H3;6-11H,5H2,1-4H3;8*1H4/q4*+1;;;;;;;;/i13D,14D;1D3,3D3,5D3,12D;3D3,12D;2D3,5D2;;;;;;;;. The van der Waals surface area contributed by atoms with E-state index < -0.39 is 64.2 Å². The summed E-state index contributed by atoms with van der Waals surface area (Å²) >= 11 is 0. The Morgan fingerprint density at radius 1 is 0.366 bits per heavy atom. The maximum Gasteiger partial charge on any atom is 0.212 e. The topological polar surface area (TPSA) is 15.5 Å². The fourth-order valence-corrected chi connectivity index (χ4v) is 8.74. The van der Waals surface area contributed by atoms with Crippen molar-refractivity contribution in [1.82, 2.24) is 0 Å². The van der Waals surface area contributed by atoms with Gasteiger partial charge in [0.05, 0.1) is 0 Å². The van der Waals surface area contributed by atoms with Gasteiger partial charge in [-0.1, -0.05) is 187 Å². The molecular formula is C78H124N4+4. The number of nitrogens with zero attached hydrogens (tertiary/aromatic N) is 4. The highest BCUT2D eigenvalue weighted by Crippen LogP contribution is 2.29. The van der Waals surface area contributed by atoms with E-state index in [-0.39, 0.29) is 76.1 Å². The number of hydrogen-bond acceptors (Lipinski definition) is 0. The molecular weight excluding hydrogens is 993 g/mol. The highest BCUT2D eigenvalue weighted by Gasteiger charge is 2.19. The first-order valence-electron chi connectivity index (χ1n) is 35.4. The van der Waals surface area contributed by atoms with E-state index in [4.69, 9.17) is 28.8 Å². The van der Waals surface area contributed by atoms with Crippen LogP contribution >= 0.6 is 0 Å². The molecule has 0 amide bonds. The molecule has 4 aromatic heterocycles. The minimum absolute atomic E-state index is 0. The zero-order valence-electron chi connectivity index (χ0n) is 67.6. The number of pyridine rings is 4. The van der Waals surface area contributed by atoms with E-state index in [1.807, 2.05) is 141 Å². The van der Waals surface area contributed by atoms with Crippen molar-refractivity contribution < 1.29 is 47.1 Å². The van der Waals surface area contributed by atoms with Crippen LogP contribution in [0.3, 0.4) is 0 Å². The third-order valence-electron chi connectivity index (χ3n) is 13.1. The Hall–Kier alpha value is -6.52. The third kappa shape index (κ3) is 21.3. The number of hydrogen-bond donors (Lipinski definition) is 0. The molecule has 0 aliphatic carbocycles. The summed E-state index contributed by atoms with van der Waals surface area (Å²) in [7, 11) is 7.46. The van der Waals surface area contributed by atoms with Crippen LogP contribution in [0.2, 0.25) is 0 Å².